The second-order valence-corrected chi connectivity index (χ2v) is 4.47. The third kappa shape index (κ3) is 1.67. The van der Waals surface area contributed by atoms with E-state index in [1.807, 2.05) is 12.2 Å². The molecule has 1 aliphatic heterocycles. The molecule has 0 aromatic rings. The van der Waals surface area contributed by atoms with Crippen LogP contribution in [0.1, 0.15) is 25.7 Å². The van der Waals surface area contributed by atoms with Gasteiger partial charge in [0.05, 0.1) is 13.2 Å². The molecule has 2 unspecified atom stereocenters. The second kappa shape index (κ2) is 4.37. The Morgan fingerprint density at radius 1 is 1.56 bits per heavy atom. The standard InChI is InChI=1S/C12H16O4/c13-10-6-7-16-8-12(10,11(14)15)9-4-2-1-3-5-9/h2,4,9H,1,3,5-8H2,(H,14,15). The molecule has 2 rings (SSSR count). The number of aliphatic carboxylic acids is 1. The molecular weight excluding hydrogens is 208 g/mol. The third-order valence-electron chi connectivity index (χ3n) is 3.57. The molecule has 1 aliphatic carbocycles. The van der Waals surface area contributed by atoms with Crippen molar-refractivity contribution >= 4 is 11.8 Å². The largest absolute Gasteiger partial charge is 0.480 e. The summed E-state index contributed by atoms with van der Waals surface area (Å²) < 4.78 is 5.23. The molecular formula is C12H16O4. The Kier molecular flexibility index (Phi) is 3.10. The molecule has 0 aromatic carbocycles. The lowest BCUT2D eigenvalue weighted by atomic mass is 9.67. The van der Waals surface area contributed by atoms with E-state index in [0.29, 0.717) is 6.61 Å². The summed E-state index contributed by atoms with van der Waals surface area (Å²) >= 11 is 0. The highest BCUT2D eigenvalue weighted by Crippen LogP contribution is 2.39. The molecule has 0 amide bonds. The van der Waals surface area contributed by atoms with Crippen LogP contribution >= 0.6 is 0 Å². The number of Topliss-reactive ketones (excluding diaryl/α,β-unsaturated/α-hetero) is 1. The first-order valence-corrected chi connectivity index (χ1v) is 5.69. The van der Waals surface area contributed by atoms with Crippen LogP contribution in [0.2, 0.25) is 0 Å². The molecule has 4 heteroatoms. The smallest absolute Gasteiger partial charge is 0.320 e. The van der Waals surface area contributed by atoms with Crippen LogP contribution in [0, 0.1) is 11.3 Å². The Morgan fingerprint density at radius 3 is 2.94 bits per heavy atom. The Morgan fingerprint density at radius 2 is 2.38 bits per heavy atom. The summed E-state index contributed by atoms with van der Waals surface area (Å²) in [6.45, 7) is 0.375. The summed E-state index contributed by atoms with van der Waals surface area (Å²) in [6, 6.07) is 0. The normalized spacial score (nSPS) is 35.0. The summed E-state index contributed by atoms with van der Waals surface area (Å²) in [5, 5.41) is 9.38. The lowest BCUT2D eigenvalue weighted by Gasteiger charge is -2.38. The highest BCUT2D eigenvalue weighted by molar-refractivity contribution is 6.04. The van der Waals surface area contributed by atoms with E-state index in [0.717, 1.165) is 19.3 Å². The van der Waals surface area contributed by atoms with Crippen LogP contribution in [0.25, 0.3) is 0 Å². The highest BCUT2D eigenvalue weighted by atomic mass is 16.5. The molecule has 88 valence electrons. The number of carbonyl (C=O) groups is 2. The molecule has 0 spiro atoms. The first kappa shape index (κ1) is 11.3. The minimum Gasteiger partial charge on any atom is -0.480 e. The van der Waals surface area contributed by atoms with Crippen molar-refractivity contribution < 1.29 is 19.4 Å². The Hall–Kier alpha value is -1.16. The van der Waals surface area contributed by atoms with Crippen molar-refractivity contribution in [3.63, 3.8) is 0 Å². The van der Waals surface area contributed by atoms with Crippen molar-refractivity contribution in [3.8, 4) is 0 Å². The minimum atomic E-state index is -1.32. The lowest BCUT2D eigenvalue weighted by molar-refractivity contribution is -0.168. The average molecular weight is 224 g/mol. The monoisotopic (exact) mass is 224 g/mol. The van der Waals surface area contributed by atoms with Gasteiger partial charge in [-0.05, 0) is 19.3 Å². The van der Waals surface area contributed by atoms with E-state index < -0.39 is 11.4 Å². The summed E-state index contributed by atoms with van der Waals surface area (Å²) in [7, 11) is 0. The lowest BCUT2D eigenvalue weighted by Crippen LogP contribution is -2.52. The Bertz CT molecular complexity index is 334. The molecule has 16 heavy (non-hydrogen) atoms. The molecule has 1 fully saturated rings. The van der Waals surface area contributed by atoms with E-state index in [1.165, 1.54) is 0 Å². The maximum atomic E-state index is 12.0. The molecule has 2 atom stereocenters. The predicted octanol–water partition coefficient (Wildman–Crippen LogP) is 1.40. The van der Waals surface area contributed by atoms with Crippen molar-refractivity contribution in [2.45, 2.75) is 25.7 Å². The van der Waals surface area contributed by atoms with E-state index in [4.69, 9.17) is 4.74 Å². The number of rotatable bonds is 2. The van der Waals surface area contributed by atoms with Crippen LogP contribution in [-0.4, -0.2) is 30.1 Å². The van der Waals surface area contributed by atoms with Gasteiger partial charge in [0.15, 0.2) is 11.2 Å². The van der Waals surface area contributed by atoms with Gasteiger partial charge in [-0.1, -0.05) is 12.2 Å². The van der Waals surface area contributed by atoms with Crippen molar-refractivity contribution in [1.82, 2.24) is 0 Å². The molecule has 1 heterocycles. The van der Waals surface area contributed by atoms with Gasteiger partial charge >= 0.3 is 5.97 Å². The molecule has 4 nitrogen and oxygen atoms in total. The van der Waals surface area contributed by atoms with Gasteiger partial charge in [-0.15, -0.1) is 0 Å². The van der Waals surface area contributed by atoms with E-state index >= 15 is 0 Å². The average Bonchev–Trinajstić information content (AvgIpc) is 2.30. The van der Waals surface area contributed by atoms with Gasteiger partial charge in [0, 0.05) is 12.3 Å². The summed E-state index contributed by atoms with van der Waals surface area (Å²) in [5.41, 5.74) is -1.32. The van der Waals surface area contributed by atoms with Crippen LogP contribution in [0.4, 0.5) is 0 Å². The predicted molar refractivity (Wildman–Crippen MR) is 57.0 cm³/mol. The minimum absolute atomic E-state index is 0.0240. The van der Waals surface area contributed by atoms with Gasteiger partial charge in [0.2, 0.25) is 0 Å². The summed E-state index contributed by atoms with van der Waals surface area (Å²) in [4.78, 5) is 23.4. The Labute approximate surface area is 94.3 Å². The maximum Gasteiger partial charge on any atom is 0.320 e. The number of hydrogen-bond donors (Lipinski definition) is 1. The number of allylic oxidation sites excluding steroid dienone is 2. The molecule has 1 N–H and O–H groups in total. The van der Waals surface area contributed by atoms with Crippen LogP contribution in [0.5, 0.6) is 0 Å². The zero-order valence-electron chi connectivity index (χ0n) is 9.15. The van der Waals surface area contributed by atoms with Crippen LogP contribution < -0.4 is 0 Å². The van der Waals surface area contributed by atoms with Crippen LogP contribution in [0.3, 0.4) is 0 Å². The van der Waals surface area contributed by atoms with Crippen molar-refractivity contribution in [2.75, 3.05) is 13.2 Å². The molecule has 0 aromatic heterocycles. The van der Waals surface area contributed by atoms with Crippen LogP contribution in [-0.2, 0) is 14.3 Å². The molecule has 0 bridgehead atoms. The quantitative estimate of drug-likeness (QED) is 0.569. The number of ketones is 1. The van der Waals surface area contributed by atoms with Crippen molar-refractivity contribution in [2.24, 2.45) is 11.3 Å². The highest BCUT2D eigenvalue weighted by Gasteiger charge is 2.52. The number of ether oxygens (including phenoxy) is 1. The fourth-order valence-electron chi connectivity index (χ4n) is 2.58. The van der Waals surface area contributed by atoms with Crippen molar-refractivity contribution in [1.29, 1.82) is 0 Å². The van der Waals surface area contributed by atoms with Gasteiger partial charge in [-0.3, -0.25) is 9.59 Å². The van der Waals surface area contributed by atoms with Crippen LogP contribution in [0.15, 0.2) is 12.2 Å². The number of carboxylic acid groups (broad SMARTS) is 1. The van der Waals surface area contributed by atoms with Gasteiger partial charge in [-0.25, -0.2) is 0 Å². The number of hydrogen-bond acceptors (Lipinski definition) is 3. The second-order valence-electron chi connectivity index (χ2n) is 4.47. The SMILES string of the molecule is O=C(O)C1(C2C=CCCC2)COCCC1=O. The summed E-state index contributed by atoms with van der Waals surface area (Å²) in [6.07, 6.45) is 6.75. The van der Waals surface area contributed by atoms with Gasteiger partial charge in [0.1, 0.15) is 0 Å². The first-order valence-electron chi connectivity index (χ1n) is 5.69. The van der Waals surface area contributed by atoms with E-state index in [-0.39, 0.29) is 24.7 Å². The molecule has 2 aliphatic rings. The zero-order chi connectivity index (χ0) is 11.6. The first-order chi connectivity index (χ1) is 7.68. The van der Waals surface area contributed by atoms with Crippen molar-refractivity contribution in [3.05, 3.63) is 12.2 Å². The number of carboxylic acids is 1. The van der Waals surface area contributed by atoms with Gasteiger partial charge < -0.3 is 9.84 Å². The van der Waals surface area contributed by atoms with Gasteiger partial charge in [0.25, 0.3) is 0 Å². The molecule has 0 radical (unpaired) electrons. The molecule has 0 saturated carbocycles. The third-order valence-corrected chi connectivity index (χ3v) is 3.57. The van der Waals surface area contributed by atoms with E-state index in [9.17, 15) is 14.7 Å². The fourth-order valence-corrected chi connectivity index (χ4v) is 2.58. The topological polar surface area (TPSA) is 63.6 Å². The Balaban J connectivity index is 2.33. The zero-order valence-corrected chi connectivity index (χ0v) is 9.15. The number of carbonyl (C=O) groups excluding carboxylic acids is 1. The van der Waals surface area contributed by atoms with E-state index in [1.54, 1.807) is 0 Å². The maximum absolute atomic E-state index is 12.0. The summed E-state index contributed by atoms with van der Waals surface area (Å²) in [5.74, 6) is -1.41. The molecule has 1 saturated heterocycles. The van der Waals surface area contributed by atoms with Gasteiger partial charge in [-0.2, -0.15) is 0 Å². The fraction of sp³-hybridized carbons (Fsp3) is 0.667. The van der Waals surface area contributed by atoms with E-state index in [2.05, 4.69) is 0 Å².